The quantitative estimate of drug-likeness (QED) is 0.814. The van der Waals surface area contributed by atoms with Gasteiger partial charge in [0, 0.05) is 5.92 Å². The van der Waals surface area contributed by atoms with E-state index in [1.165, 1.54) is 25.7 Å². The molecule has 2 aliphatic carbocycles. The molecule has 0 saturated heterocycles. The molecule has 4 nitrogen and oxygen atoms in total. The SMILES string of the molecule is CCCC(NC(=O)C1CCCC2CCCCC21)C(=O)O. The summed E-state index contributed by atoms with van der Waals surface area (Å²) in [6, 6.07) is -0.712. The van der Waals surface area contributed by atoms with Crippen LogP contribution in [0.4, 0.5) is 0 Å². The third kappa shape index (κ3) is 3.53. The predicted octanol–water partition coefficient (Wildman–Crippen LogP) is 2.96. The summed E-state index contributed by atoms with van der Waals surface area (Å²) in [5.74, 6) is 0.322. The third-order valence-corrected chi connectivity index (χ3v) is 5.10. The fourth-order valence-corrected chi connectivity index (χ4v) is 4.09. The van der Waals surface area contributed by atoms with Gasteiger partial charge in [0.2, 0.25) is 5.91 Å². The average molecular weight is 281 g/mol. The Labute approximate surface area is 121 Å². The van der Waals surface area contributed by atoms with E-state index in [4.69, 9.17) is 5.11 Å². The number of carboxylic acids is 1. The second kappa shape index (κ2) is 7.09. The van der Waals surface area contributed by atoms with Crippen LogP contribution < -0.4 is 5.32 Å². The minimum absolute atomic E-state index is 0.0116. The van der Waals surface area contributed by atoms with Crippen LogP contribution in [0.5, 0.6) is 0 Å². The lowest BCUT2D eigenvalue weighted by molar-refractivity contribution is -0.143. The van der Waals surface area contributed by atoms with Gasteiger partial charge in [0.15, 0.2) is 0 Å². The van der Waals surface area contributed by atoms with E-state index in [0.717, 1.165) is 25.7 Å². The molecule has 0 bridgehead atoms. The molecule has 0 aromatic heterocycles. The van der Waals surface area contributed by atoms with E-state index in [-0.39, 0.29) is 11.8 Å². The van der Waals surface area contributed by atoms with E-state index in [0.29, 0.717) is 18.3 Å². The first-order valence-corrected chi connectivity index (χ1v) is 8.16. The minimum atomic E-state index is -0.906. The molecule has 0 aromatic carbocycles. The number of amides is 1. The molecule has 2 N–H and O–H groups in total. The number of carboxylic acid groups (broad SMARTS) is 1. The zero-order valence-electron chi connectivity index (χ0n) is 12.4. The molecule has 0 spiro atoms. The molecule has 4 unspecified atom stereocenters. The van der Waals surface area contributed by atoms with E-state index < -0.39 is 12.0 Å². The van der Waals surface area contributed by atoms with Crippen molar-refractivity contribution in [2.75, 3.05) is 0 Å². The van der Waals surface area contributed by atoms with E-state index in [1.807, 2.05) is 6.92 Å². The lowest BCUT2D eigenvalue weighted by atomic mass is 9.65. The van der Waals surface area contributed by atoms with E-state index >= 15 is 0 Å². The highest BCUT2D eigenvalue weighted by Crippen LogP contribution is 2.43. The van der Waals surface area contributed by atoms with Gasteiger partial charge in [-0.3, -0.25) is 4.79 Å². The molecular weight excluding hydrogens is 254 g/mol. The van der Waals surface area contributed by atoms with Crippen LogP contribution in [0.15, 0.2) is 0 Å². The number of rotatable bonds is 5. The molecule has 4 heteroatoms. The second-order valence-corrected chi connectivity index (χ2v) is 6.43. The first-order chi connectivity index (χ1) is 9.63. The van der Waals surface area contributed by atoms with Gasteiger partial charge in [0.25, 0.3) is 0 Å². The predicted molar refractivity (Wildman–Crippen MR) is 77.3 cm³/mol. The number of hydrogen-bond donors (Lipinski definition) is 2. The van der Waals surface area contributed by atoms with Crippen LogP contribution in [-0.2, 0) is 9.59 Å². The summed E-state index contributed by atoms with van der Waals surface area (Å²) in [4.78, 5) is 23.6. The van der Waals surface area contributed by atoms with Gasteiger partial charge >= 0.3 is 5.97 Å². The van der Waals surface area contributed by atoms with Crippen molar-refractivity contribution in [1.29, 1.82) is 0 Å². The first kappa shape index (κ1) is 15.3. The van der Waals surface area contributed by atoms with Crippen molar-refractivity contribution in [3.63, 3.8) is 0 Å². The second-order valence-electron chi connectivity index (χ2n) is 6.43. The molecule has 20 heavy (non-hydrogen) atoms. The van der Waals surface area contributed by atoms with Crippen LogP contribution >= 0.6 is 0 Å². The van der Waals surface area contributed by atoms with E-state index in [9.17, 15) is 9.59 Å². The van der Waals surface area contributed by atoms with Gasteiger partial charge in [-0.2, -0.15) is 0 Å². The summed E-state index contributed by atoms with van der Waals surface area (Å²) in [6.07, 6.45) is 9.52. The zero-order chi connectivity index (χ0) is 14.5. The minimum Gasteiger partial charge on any atom is -0.480 e. The molecule has 2 rings (SSSR count). The normalized spacial score (nSPS) is 31.1. The van der Waals surface area contributed by atoms with Crippen LogP contribution in [0.2, 0.25) is 0 Å². The highest BCUT2D eigenvalue weighted by molar-refractivity contribution is 5.85. The Balaban J connectivity index is 1.97. The van der Waals surface area contributed by atoms with Gasteiger partial charge < -0.3 is 10.4 Å². The van der Waals surface area contributed by atoms with Crippen molar-refractivity contribution in [1.82, 2.24) is 5.32 Å². The highest BCUT2D eigenvalue weighted by Gasteiger charge is 2.39. The number of aliphatic carboxylic acids is 1. The molecule has 0 heterocycles. The van der Waals surface area contributed by atoms with Crippen LogP contribution in [0.1, 0.15) is 64.7 Å². The van der Waals surface area contributed by atoms with Crippen molar-refractivity contribution in [3.8, 4) is 0 Å². The third-order valence-electron chi connectivity index (χ3n) is 5.10. The molecular formula is C16H27NO3. The van der Waals surface area contributed by atoms with Crippen molar-refractivity contribution in [2.45, 2.75) is 70.8 Å². The van der Waals surface area contributed by atoms with Crippen LogP contribution in [0, 0.1) is 17.8 Å². The standard InChI is InChI=1S/C16H27NO3/c1-2-6-14(16(19)20)17-15(18)13-10-5-8-11-7-3-4-9-12(11)13/h11-14H,2-10H2,1H3,(H,17,18)(H,19,20). The summed E-state index contributed by atoms with van der Waals surface area (Å²) in [6.45, 7) is 1.94. The number of nitrogens with one attached hydrogen (secondary N) is 1. The number of fused-ring (bicyclic) bond motifs is 1. The van der Waals surface area contributed by atoms with E-state index in [2.05, 4.69) is 5.32 Å². The molecule has 2 aliphatic rings. The highest BCUT2D eigenvalue weighted by atomic mass is 16.4. The fourth-order valence-electron chi connectivity index (χ4n) is 4.09. The maximum atomic E-state index is 12.5. The Morgan fingerprint density at radius 2 is 1.85 bits per heavy atom. The van der Waals surface area contributed by atoms with Crippen molar-refractivity contribution < 1.29 is 14.7 Å². The maximum Gasteiger partial charge on any atom is 0.326 e. The largest absolute Gasteiger partial charge is 0.480 e. The Kier molecular flexibility index (Phi) is 5.44. The summed E-state index contributed by atoms with van der Waals surface area (Å²) < 4.78 is 0. The van der Waals surface area contributed by atoms with Gasteiger partial charge in [-0.15, -0.1) is 0 Å². The van der Waals surface area contributed by atoms with Gasteiger partial charge in [0.05, 0.1) is 0 Å². The molecule has 0 aliphatic heterocycles. The van der Waals surface area contributed by atoms with Gasteiger partial charge in [-0.05, 0) is 31.1 Å². The summed E-state index contributed by atoms with van der Waals surface area (Å²) in [5.41, 5.74) is 0. The Morgan fingerprint density at radius 3 is 2.55 bits per heavy atom. The topological polar surface area (TPSA) is 66.4 Å². The number of carbonyl (C=O) groups excluding carboxylic acids is 1. The van der Waals surface area contributed by atoms with Crippen molar-refractivity contribution in [2.24, 2.45) is 17.8 Å². The average Bonchev–Trinajstić information content (AvgIpc) is 2.46. The number of hydrogen-bond acceptors (Lipinski definition) is 2. The Morgan fingerprint density at radius 1 is 1.15 bits per heavy atom. The smallest absolute Gasteiger partial charge is 0.326 e. The van der Waals surface area contributed by atoms with Crippen molar-refractivity contribution >= 4 is 11.9 Å². The van der Waals surface area contributed by atoms with Crippen molar-refractivity contribution in [3.05, 3.63) is 0 Å². The lowest BCUT2D eigenvalue weighted by Crippen LogP contribution is -2.47. The number of carbonyl (C=O) groups is 2. The van der Waals surface area contributed by atoms with E-state index in [1.54, 1.807) is 0 Å². The molecule has 114 valence electrons. The van der Waals surface area contributed by atoms with Gasteiger partial charge in [-0.25, -0.2) is 4.79 Å². The molecule has 0 aromatic rings. The molecule has 2 saturated carbocycles. The molecule has 4 atom stereocenters. The first-order valence-electron chi connectivity index (χ1n) is 8.16. The fraction of sp³-hybridized carbons (Fsp3) is 0.875. The summed E-state index contributed by atoms with van der Waals surface area (Å²) in [5, 5.41) is 12.0. The Hall–Kier alpha value is -1.06. The molecule has 1 amide bonds. The Bertz CT molecular complexity index is 354. The summed E-state index contributed by atoms with van der Waals surface area (Å²) >= 11 is 0. The molecule has 2 fully saturated rings. The molecule has 0 radical (unpaired) electrons. The van der Waals surface area contributed by atoms with Crippen LogP contribution in [0.3, 0.4) is 0 Å². The van der Waals surface area contributed by atoms with Crippen LogP contribution in [-0.4, -0.2) is 23.0 Å². The van der Waals surface area contributed by atoms with Gasteiger partial charge in [0.1, 0.15) is 6.04 Å². The van der Waals surface area contributed by atoms with Crippen LogP contribution in [0.25, 0.3) is 0 Å². The zero-order valence-corrected chi connectivity index (χ0v) is 12.4. The maximum absolute atomic E-state index is 12.5. The van der Waals surface area contributed by atoms with Gasteiger partial charge in [-0.1, -0.05) is 45.4 Å². The monoisotopic (exact) mass is 281 g/mol. The summed E-state index contributed by atoms with van der Waals surface area (Å²) in [7, 11) is 0. The lowest BCUT2D eigenvalue weighted by Gasteiger charge is -2.40.